The number of hydrogen-bond donors (Lipinski definition) is 1. The molecule has 0 aromatic heterocycles. The molecule has 1 saturated heterocycles. The van der Waals surface area contributed by atoms with Crippen LogP contribution in [0.5, 0.6) is 17.2 Å². The molecule has 1 N–H and O–H groups in total. The smallest absolute Gasteiger partial charge is 0.422 e. The molecular weight excluding hydrogens is 490 g/mol. The maximum Gasteiger partial charge on any atom is 0.422 e. The van der Waals surface area contributed by atoms with Crippen molar-refractivity contribution in [2.24, 2.45) is 0 Å². The average Bonchev–Trinajstić information content (AvgIpc) is 2.73. The summed E-state index contributed by atoms with van der Waals surface area (Å²) < 4.78 is 90.3. The third-order valence-electron chi connectivity index (χ3n) is 4.84. The lowest BCUT2D eigenvalue weighted by Gasteiger charge is -2.35. The molecule has 14 heteroatoms. The van der Waals surface area contributed by atoms with E-state index in [1.165, 1.54) is 11.8 Å². The van der Waals surface area contributed by atoms with Gasteiger partial charge in [0.1, 0.15) is 5.75 Å². The van der Waals surface area contributed by atoms with Gasteiger partial charge in [0.05, 0.1) is 5.56 Å². The van der Waals surface area contributed by atoms with Crippen LogP contribution in [0.15, 0.2) is 12.1 Å². The number of halogens is 6. The van der Waals surface area contributed by atoms with Crippen LogP contribution >= 0.6 is 0 Å². The highest BCUT2D eigenvalue weighted by Gasteiger charge is 2.33. The number of hydrogen-bond acceptors (Lipinski definition) is 6. The Bertz CT molecular complexity index is 934. The Morgan fingerprint density at radius 3 is 2.20 bits per heavy atom. The van der Waals surface area contributed by atoms with Gasteiger partial charge >= 0.3 is 18.3 Å². The average molecular weight is 514 g/mol. The van der Waals surface area contributed by atoms with E-state index in [1.54, 1.807) is 0 Å². The van der Waals surface area contributed by atoms with Crippen LogP contribution in [0.2, 0.25) is 0 Å². The fraction of sp³-hybridized carbons (Fsp3) is 0.571. The minimum atomic E-state index is -4.84. The van der Waals surface area contributed by atoms with Crippen molar-refractivity contribution in [2.45, 2.75) is 51.5 Å². The van der Waals surface area contributed by atoms with E-state index in [4.69, 9.17) is 9.47 Å². The van der Waals surface area contributed by atoms with E-state index < -0.39 is 60.3 Å². The molecule has 1 fully saturated rings. The molecule has 0 aliphatic carbocycles. The molecular formula is C21H24F6N2O6. The molecule has 0 bridgehead atoms. The van der Waals surface area contributed by atoms with Crippen molar-refractivity contribution in [1.29, 1.82) is 0 Å². The maximum atomic E-state index is 12.9. The minimum Gasteiger partial charge on any atom is -0.484 e. The number of ether oxygens (including phenoxy) is 3. The van der Waals surface area contributed by atoms with Gasteiger partial charge < -0.3 is 24.4 Å². The molecule has 1 aromatic rings. The first-order chi connectivity index (χ1) is 16.2. The molecule has 1 heterocycles. The quantitative estimate of drug-likeness (QED) is 0.324. The Kier molecular flexibility index (Phi) is 9.21. The van der Waals surface area contributed by atoms with Crippen LogP contribution in [-0.4, -0.2) is 67.4 Å². The topological polar surface area (TPSA) is 94.2 Å². The highest BCUT2D eigenvalue weighted by atomic mass is 19.4. The molecule has 0 spiro atoms. The molecule has 1 aliphatic rings. The van der Waals surface area contributed by atoms with Crippen LogP contribution in [0.4, 0.5) is 26.3 Å². The Morgan fingerprint density at radius 2 is 1.63 bits per heavy atom. The molecule has 8 nitrogen and oxygen atoms in total. The van der Waals surface area contributed by atoms with E-state index in [0.29, 0.717) is 19.0 Å². The third kappa shape index (κ3) is 9.17. The van der Waals surface area contributed by atoms with E-state index in [1.807, 2.05) is 0 Å². The number of benzene rings is 1. The van der Waals surface area contributed by atoms with E-state index in [9.17, 15) is 40.7 Å². The summed E-state index contributed by atoms with van der Waals surface area (Å²) in [5.74, 6) is -4.40. The highest BCUT2D eigenvalue weighted by Crippen LogP contribution is 2.38. The standard InChI is InChI=1S/C21H24F6N2O6/c1-12(30)29-6-4-3-5-14(29)9-28-19(32)16-7-15(33-10-20(22,23)24)8-17(35-13(2)31)18(16)34-11-21(25,26)27/h7-8,14H,3-6,9-11H2,1-2H3,(H,28,32). The zero-order valence-electron chi connectivity index (χ0n) is 18.8. The Labute approximate surface area is 196 Å². The minimum absolute atomic E-state index is 0.0757. The van der Waals surface area contributed by atoms with E-state index in [0.717, 1.165) is 25.8 Å². The lowest BCUT2D eigenvalue weighted by Crippen LogP contribution is -2.48. The first-order valence-electron chi connectivity index (χ1n) is 10.5. The second-order valence-corrected chi connectivity index (χ2v) is 7.77. The van der Waals surface area contributed by atoms with Crippen molar-refractivity contribution in [3.8, 4) is 17.2 Å². The Balaban J connectivity index is 2.39. The summed E-state index contributed by atoms with van der Waals surface area (Å²) in [6.07, 6.45) is -7.49. The van der Waals surface area contributed by atoms with Crippen LogP contribution in [0.1, 0.15) is 43.5 Å². The van der Waals surface area contributed by atoms with E-state index >= 15 is 0 Å². The molecule has 1 atom stereocenters. The van der Waals surface area contributed by atoms with Gasteiger partial charge in [0.15, 0.2) is 24.7 Å². The predicted octanol–water partition coefficient (Wildman–Crippen LogP) is 3.62. The molecule has 196 valence electrons. The number of likely N-dealkylation sites (tertiary alicyclic amines) is 1. The molecule has 35 heavy (non-hydrogen) atoms. The predicted molar refractivity (Wildman–Crippen MR) is 108 cm³/mol. The van der Waals surface area contributed by atoms with Crippen LogP contribution < -0.4 is 19.5 Å². The van der Waals surface area contributed by atoms with Gasteiger partial charge in [-0.15, -0.1) is 0 Å². The Morgan fingerprint density at radius 1 is 1.00 bits per heavy atom. The number of nitrogens with one attached hydrogen (secondary N) is 1. The van der Waals surface area contributed by atoms with Crippen LogP contribution in [0, 0.1) is 0 Å². The number of alkyl halides is 6. The number of carbonyl (C=O) groups excluding carboxylic acids is 3. The summed E-state index contributed by atoms with van der Waals surface area (Å²) in [5, 5.41) is 2.46. The number of rotatable bonds is 8. The largest absolute Gasteiger partial charge is 0.484 e. The summed E-state index contributed by atoms with van der Waals surface area (Å²) in [4.78, 5) is 37.7. The fourth-order valence-electron chi connectivity index (χ4n) is 3.46. The van der Waals surface area contributed by atoms with Gasteiger partial charge in [-0.1, -0.05) is 0 Å². The summed E-state index contributed by atoms with van der Waals surface area (Å²) in [5.41, 5.74) is -0.643. The summed E-state index contributed by atoms with van der Waals surface area (Å²) in [6, 6.07) is 1.08. The van der Waals surface area contributed by atoms with E-state index in [2.05, 4.69) is 10.1 Å². The molecule has 2 rings (SSSR count). The van der Waals surface area contributed by atoms with E-state index in [-0.39, 0.29) is 18.5 Å². The zero-order valence-corrected chi connectivity index (χ0v) is 18.8. The molecule has 1 unspecified atom stereocenters. The van der Waals surface area contributed by atoms with Gasteiger partial charge in [0, 0.05) is 39.0 Å². The number of esters is 1. The molecule has 2 amide bonds. The fourth-order valence-corrected chi connectivity index (χ4v) is 3.46. The molecule has 0 saturated carbocycles. The summed E-state index contributed by atoms with van der Waals surface area (Å²) in [6.45, 7) is -0.996. The number of nitrogens with zero attached hydrogens (tertiary/aromatic N) is 1. The molecule has 0 radical (unpaired) electrons. The SMILES string of the molecule is CC(=O)Oc1cc(OCC(F)(F)F)cc(C(=O)NCC2CCCCN2C(C)=O)c1OCC(F)(F)F. The van der Waals surface area contributed by atoms with Crippen LogP contribution in [0.25, 0.3) is 0 Å². The van der Waals surface area contributed by atoms with Gasteiger partial charge in [0.25, 0.3) is 5.91 Å². The lowest BCUT2D eigenvalue weighted by atomic mass is 10.0. The van der Waals surface area contributed by atoms with Gasteiger partial charge in [-0.25, -0.2) is 0 Å². The first-order valence-corrected chi connectivity index (χ1v) is 10.5. The highest BCUT2D eigenvalue weighted by molar-refractivity contribution is 5.98. The zero-order chi connectivity index (χ0) is 26.4. The van der Waals surface area contributed by atoms with Crippen molar-refractivity contribution >= 4 is 17.8 Å². The second-order valence-electron chi connectivity index (χ2n) is 7.77. The second kappa shape index (κ2) is 11.5. The maximum absolute atomic E-state index is 12.9. The van der Waals surface area contributed by atoms with Gasteiger partial charge in [-0.2, -0.15) is 26.3 Å². The number of carbonyl (C=O) groups is 3. The summed E-state index contributed by atoms with van der Waals surface area (Å²) in [7, 11) is 0. The molecule has 1 aromatic carbocycles. The normalized spacial score (nSPS) is 16.5. The third-order valence-corrected chi connectivity index (χ3v) is 4.84. The summed E-state index contributed by atoms with van der Waals surface area (Å²) >= 11 is 0. The van der Waals surface area contributed by atoms with Gasteiger partial charge in [-0.05, 0) is 25.3 Å². The monoisotopic (exact) mass is 514 g/mol. The lowest BCUT2D eigenvalue weighted by molar-refractivity contribution is -0.155. The molecule has 1 aliphatic heterocycles. The van der Waals surface area contributed by atoms with Crippen molar-refractivity contribution in [1.82, 2.24) is 10.2 Å². The van der Waals surface area contributed by atoms with Gasteiger partial charge in [0.2, 0.25) is 5.91 Å². The van der Waals surface area contributed by atoms with Crippen LogP contribution in [-0.2, 0) is 9.59 Å². The van der Waals surface area contributed by atoms with Crippen LogP contribution in [0.3, 0.4) is 0 Å². The van der Waals surface area contributed by atoms with Crippen molar-refractivity contribution < 1.29 is 54.9 Å². The Hall–Kier alpha value is -3.19. The first kappa shape index (κ1) is 28.1. The van der Waals surface area contributed by atoms with Crippen molar-refractivity contribution in [3.05, 3.63) is 17.7 Å². The number of amides is 2. The number of piperidine rings is 1. The van der Waals surface area contributed by atoms with Crippen molar-refractivity contribution in [2.75, 3.05) is 26.3 Å². The van der Waals surface area contributed by atoms with Gasteiger partial charge in [-0.3, -0.25) is 14.4 Å². The van der Waals surface area contributed by atoms with Crippen molar-refractivity contribution in [3.63, 3.8) is 0 Å².